The lowest BCUT2D eigenvalue weighted by molar-refractivity contribution is 0.120. The first-order valence-corrected chi connectivity index (χ1v) is 7.12. The molecule has 0 spiro atoms. The van der Waals surface area contributed by atoms with E-state index in [1.54, 1.807) is 6.20 Å². The largest absolute Gasteiger partial charge is 0.308 e. The first kappa shape index (κ1) is 14.9. The van der Waals surface area contributed by atoms with Crippen LogP contribution < -0.4 is 0 Å². The van der Waals surface area contributed by atoms with Crippen molar-refractivity contribution in [2.24, 2.45) is 0 Å². The predicted molar refractivity (Wildman–Crippen MR) is 79.2 cm³/mol. The topological polar surface area (TPSA) is 46.4 Å². The predicted octanol–water partition coefficient (Wildman–Crippen LogP) is 0.632. The van der Waals surface area contributed by atoms with Gasteiger partial charge in [0.1, 0.15) is 11.8 Å². The molecule has 1 aromatic heterocycles. The maximum atomic E-state index is 9.07. The van der Waals surface area contributed by atoms with Gasteiger partial charge in [-0.3, -0.25) is 9.80 Å². The molecule has 0 saturated carbocycles. The zero-order chi connectivity index (χ0) is 14.4. The highest BCUT2D eigenvalue weighted by Gasteiger charge is 2.17. The van der Waals surface area contributed by atoms with E-state index in [0.717, 1.165) is 51.4 Å². The molecule has 20 heavy (non-hydrogen) atoms. The van der Waals surface area contributed by atoms with Crippen molar-refractivity contribution in [1.29, 1.82) is 5.26 Å². The standard InChI is InChI=1S/C15H23N5/c1-18(2)6-7-19-8-10-20(11-9-19)13-14-4-3-5-17-15(14)12-16/h3-5H,6-11,13H2,1-2H3. The Kier molecular flexibility index (Phi) is 5.48. The molecule has 0 unspecified atom stereocenters. The smallest absolute Gasteiger partial charge is 0.144 e. The second-order valence-electron chi connectivity index (χ2n) is 5.54. The van der Waals surface area contributed by atoms with Crippen LogP contribution in [0.25, 0.3) is 0 Å². The van der Waals surface area contributed by atoms with Gasteiger partial charge in [0.25, 0.3) is 0 Å². The Morgan fingerprint density at radius 2 is 1.95 bits per heavy atom. The van der Waals surface area contributed by atoms with Crippen molar-refractivity contribution in [2.75, 3.05) is 53.4 Å². The third kappa shape index (κ3) is 4.27. The molecule has 5 nitrogen and oxygen atoms in total. The number of likely N-dealkylation sites (N-methyl/N-ethyl adjacent to an activating group) is 1. The monoisotopic (exact) mass is 273 g/mol. The molecular formula is C15H23N5. The van der Waals surface area contributed by atoms with Crippen LogP contribution in [0, 0.1) is 11.3 Å². The van der Waals surface area contributed by atoms with Crippen LogP contribution in [0.15, 0.2) is 18.3 Å². The van der Waals surface area contributed by atoms with Crippen LogP contribution in [0.4, 0.5) is 0 Å². The molecule has 2 heterocycles. The second kappa shape index (κ2) is 7.34. The zero-order valence-corrected chi connectivity index (χ0v) is 12.4. The number of rotatable bonds is 5. The lowest BCUT2D eigenvalue weighted by Crippen LogP contribution is -2.47. The van der Waals surface area contributed by atoms with Gasteiger partial charge in [-0.1, -0.05) is 6.07 Å². The lowest BCUT2D eigenvalue weighted by Gasteiger charge is -2.35. The van der Waals surface area contributed by atoms with Crippen LogP contribution in [0.3, 0.4) is 0 Å². The Morgan fingerprint density at radius 1 is 1.25 bits per heavy atom. The number of piperazine rings is 1. The quantitative estimate of drug-likeness (QED) is 0.787. The van der Waals surface area contributed by atoms with E-state index in [1.165, 1.54) is 0 Å². The summed E-state index contributed by atoms with van der Waals surface area (Å²) in [5.41, 5.74) is 1.60. The van der Waals surface area contributed by atoms with E-state index in [9.17, 15) is 0 Å². The highest BCUT2D eigenvalue weighted by molar-refractivity contribution is 5.30. The second-order valence-corrected chi connectivity index (χ2v) is 5.54. The van der Waals surface area contributed by atoms with Crippen LogP contribution >= 0.6 is 0 Å². The van der Waals surface area contributed by atoms with Gasteiger partial charge in [0.05, 0.1) is 0 Å². The molecule has 2 rings (SSSR count). The molecule has 0 aromatic carbocycles. The molecule has 0 amide bonds. The van der Waals surface area contributed by atoms with Gasteiger partial charge >= 0.3 is 0 Å². The normalized spacial score (nSPS) is 17.3. The van der Waals surface area contributed by atoms with E-state index in [-0.39, 0.29) is 0 Å². The molecule has 0 atom stereocenters. The van der Waals surface area contributed by atoms with Crippen molar-refractivity contribution in [3.05, 3.63) is 29.6 Å². The summed E-state index contributed by atoms with van der Waals surface area (Å²) in [6.45, 7) is 7.42. The van der Waals surface area contributed by atoms with Crippen molar-refractivity contribution >= 4 is 0 Å². The first-order valence-electron chi connectivity index (χ1n) is 7.12. The fourth-order valence-electron chi connectivity index (χ4n) is 2.42. The van der Waals surface area contributed by atoms with Crippen LogP contribution in [0.5, 0.6) is 0 Å². The summed E-state index contributed by atoms with van der Waals surface area (Å²) in [4.78, 5) is 11.3. The minimum absolute atomic E-state index is 0.558. The molecule has 0 bridgehead atoms. The third-order valence-corrected chi connectivity index (χ3v) is 3.72. The van der Waals surface area contributed by atoms with Crippen LogP contribution in [0.2, 0.25) is 0 Å². The Bertz CT molecular complexity index is 458. The molecule has 108 valence electrons. The van der Waals surface area contributed by atoms with Gasteiger partial charge in [-0.2, -0.15) is 5.26 Å². The molecule has 1 aliphatic heterocycles. The van der Waals surface area contributed by atoms with E-state index >= 15 is 0 Å². The average molecular weight is 273 g/mol. The molecule has 0 aliphatic carbocycles. The van der Waals surface area contributed by atoms with E-state index in [4.69, 9.17) is 5.26 Å². The summed E-state index contributed by atoms with van der Waals surface area (Å²) >= 11 is 0. The summed E-state index contributed by atoms with van der Waals surface area (Å²) in [5, 5.41) is 9.07. The van der Waals surface area contributed by atoms with Gasteiger partial charge in [-0.05, 0) is 20.2 Å². The van der Waals surface area contributed by atoms with Gasteiger partial charge in [0.2, 0.25) is 0 Å². The fraction of sp³-hybridized carbons (Fsp3) is 0.600. The van der Waals surface area contributed by atoms with Gasteiger partial charge in [0.15, 0.2) is 0 Å². The van der Waals surface area contributed by atoms with Crippen LogP contribution in [0.1, 0.15) is 11.3 Å². The zero-order valence-electron chi connectivity index (χ0n) is 12.4. The highest BCUT2D eigenvalue weighted by Crippen LogP contribution is 2.10. The lowest BCUT2D eigenvalue weighted by atomic mass is 10.1. The van der Waals surface area contributed by atoms with E-state index < -0.39 is 0 Å². The van der Waals surface area contributed by atoms with E-state index in [2.05, 4.69) is 39.8 Å². The number of pyridine rings is 1. The summed E-state index contributed by atoms with van der Waals surface area (Å²) in [5.74, 6) is 0. The third-order valence-electron chi connectivity index (χ3n) is 3.72. The number of hydrogen-bond acceptors (Lipinski definition) is 5. The van der Waals surface area contributed by atoms with Crippen LogP contribution in [-0.4, -0.2) is 73.0 Å². The summed E-state index contributed by atoms with van der Waals surface area (Å²) in [6, 6.07) is 6.08. The maximum absolute atomic E-state index is 9.07. The van der Waals surface area contributed by atoms with Crippen molar-refractivity contribution < 1.29 is 0 Å². The first-order chi connectivity index (χ1) is 9.69. The highest BCUT2D eigenvalue weighted by atomic mass is 15.3. The molecule has 1 aliphatic rings. The number of hydrogen-bond donors (Lipinski definition) is 0. The Balaban J connectivity index is 1.81. The summed E-state index contributed by atoms with van der Waals surface area (Å²) in [6.07, 6.45) is 1.68. The van der Waals surface area contributed by atoms with E-state index in [0.29, 0.717) is 5.69 Å². The minimum Gasteiger partial charge on any atom is -0.308 e. The molecule has 1 saturated heterocycles. The van der Waals surface area contributed by atoms with Gasteiger partial charge in [-0.25, -0.2) is 4.98 Å². The van der Waals surface area contributed by atoms with Gasteiger partial charge < -0.3 is 4.90 Å². The maximum Gasteiger partial charge on any atom is 0.144 e. The Labute approximate surface area is 121 Å². The van der Waals surface area contributed by atoms with Crippen molar-refractivity contribution in [2.45, 2.75) is 6.54 Å². The van der Waals surface area contributed by atoms with Crippen molar-refractivity contribution in [1.82, 2.24) is 19.7 Å². The summed E-state index contributed by atoms with van der Waals surface area (Å²) < 4.78 is 0. The average Bonchev–Trinajstić information content (AvgIpc) is 2.47. The number of nitriles is 1. The van der Waals surface area contributed by atoms with Crippen LogP contribution in [-0.2, 0) is 6.54 Å². The molecule has 5 heteroatoms. The Hall–Kier alpha value is -1.48. The van der Waals surface area contributed by atoms with Gasteiger partial charge in [0, 0.05) is 57.6 Å². The SMILES string of the molecule is CN(C)CCN1CCN(Cc2cccnc2C#N)CC1. The summed E-state index contributed by atoms with van der Waals surface area (Å²) in [7, 11) is 4.23. The number of aromatic nitrogens is 1. The minimum atomic E-state index is 0.558. The molecular weight excluding hydrogens is 250 g/mol. The van der Waals surface area contributed by atoms with Crippen molar-refractivity contribution in [3.8, 4) is 6.07 Å². The molecule has 0 N–H and O–H groups in total. The van der Waals surface area contributed by atoms with Gasteiger partial charge in [-0.15, -0.1) is 0 Å². The van der Waals surface area contributed by atoms with Crippen molar-refractivity contribution in [3.63, 3.8) is 0 Å². The fourth-order valence-corrected chi connectivity index (χ4v) is 2.42. The molecule has 1 aromatic rings. The molecule has 1 fully saturated rings. The number of nitrogens with zero attached hydrogens (tertiary/aromatic N) is 5. The Morgan fingerprint density at radius 3 is 2.60 bits per heavy atom. The molecule has 0 radical (unpaired) electrons. The van der Waals surface area contributed by atoms with E-state index in [1.807, 2.05) is 12.1 Å².